The summed E-state index contributed by atoms with van der Waals surface area (Å²) >= 11 is 1.20. The quantitative estimate of drug-likeness (QED) is 0.634. The van der Waals surface area contributed by atoms with Gasteiger partial charge in [-0.15, -0.1) is 11.3 Å². The largest absolute Gasteiger partial charge is 0.494 e. The van der Waals surface area contributed by atoms with Gasteiger partial charge in [-0.05, 0) is 25.0 Å². The number of hydrogen-bond donors (Lipinski definition) is 0. The van der Waals surface area contributed by atoms with Gasteiger partial charge in [0.05, 0.1) is 30.6 Å². The van der Waals surface area contributed by atoms with E-state index in [1.165, 1.54) is 18.4 Å². The predicted octanol–water partition coefficient (Wildman–Crippen LogP) is 4.37. The molecule has 0 aliphatic heterocycles. The fourth-order valence-electron chi connectivity index (χ4n) is 2.87. The molecular formula is C19H18O5S. The Morgan fingerprint density at radius 1 is 0.960 bits per heavy atom. The highest BCUT2D eigenvalue weighted by Crippen LogP contribution is 2.49. The van der Waals surface area contributed by atoms with Crippen LogP contribution in [0.15, 0.2) is 30.3 Å². The Labute approximate surface area is 149 Å². The standard InChI is InChI=1S/C19H18O5S/c1-4-23-18(20)14-12-10-8-6-7-9-11(12)13-15(22-3)17(25-16(13)14)19(21)24-5-2/h6-10H,4-5H2,1-3H3. The summed E-state index contributed by atoms with van der Waals surface area (Å²) in [5.74, 6) is -0.429. The van der Waals surface area contributed by atoms with E-state index in [9.17, 15) is 9.59 Å². The first-order chi connectivity index (χ1) is 12.1. The van der Waals surface area contributed by atoms with Gasteiger partial charge in [0.2, 0.25) is 0 Å². The molecule has 6 heteroatoms. The maximum Gasteiger partial charge on any atom is 0.352 e. The fraction of sp³-hybridized carbons (Fsp3) is 0.263. The van der Waals surface area contributed by atoms with Crippen molar-refractivity contribution >= 4 is 33.4 Å². The zero-order valence-corrected chi connectivity index (χ0v) is 15.1. The van der Waals surface area contributed by atoms with E-state index in [0.29, 0.717) is 20.9 Å². The van der Waals surface area contributed by atoms with E-state index in [4.69, 9.17) is 14.2 Å². The summed E-state index contributed by atoms with van der Waals surface area (Å²) in [7, 11) is 1.51. The highest BCUT2D eigenvalue weighted by Gasteiger charge is 2.31. The number of ether oxygens (including phenoxy) is 3. The molecule has 130 valence electrons. The van der Waals surface area contributed by atoms with Gasteiger partial charge >= 0.3 is 11.9 Å². The zero-order chi connectivity index (χ0) is 18.0. The molecule has 0 bridgehead atoms. The second kappa shape index (κ2) is 7.11. The van der Waals surface area contributed by atoms with E-state index in [-0.39, 0.29) is 13.2 Å². The molecule has 0 atom stereocenters. The Kier molecular flexibility index (Phi) is 4.90. The van der Waals surface area contributed by atoms with Gasteiger partial charge in [-0.3, -0.25) is 0 Å². The van der Waals surface area contributed by atoms with Crippen LogP contribution < -0.4 is 4.74 Å². The van der Waals surface area contributed by atoms with Crippen molar-refractivity contribution in [1.29, 1.82) is 0 Å². The molecule has 1 heterocycles. The third kappa shape index (κ3) is 2.82. The second-order valence-electron chi connectivity index (χ2n) is 5.22. The molecule has 0 aromatic carbocycles. The molecule has 0 N–H and O–H groups in total. The number of fused-ring (bicyclic) bond motifs is 3. The van der Waals surface area contributed by atoms with Crippen LogP contribution in [0.5, 0.6) is 5.75 Å². The Bertz CT molecular complexity index is 912. The van der Waals surface area contributed by atoms with Gasteiger partial charge in [-0.25, -0.2) is 9.59 Å². The molecule has 1 aromatic rings. The van der Waals surface area contributed by atoms with Crippen molar-refractivity contribution in [2.45, 2.75) is 13.8 Å². The van der Waals surface area contributed by atoms with Crippen molar-refractivity contribution in [2.75, 3.05) is 20.3 Å². The van der Waals surface area contributed by atoms with Crippen LogP contribution in [0.2, 0.25) is 0 Å². The number of carbonyl (C=O) groups is 2. The SMILES string of the molecule is CCOC(=O)c1sc2c(C(=O)OCC)c3cccccc-3c2c1OC. The highest BCUT2D eigenvalue weighted by molar-refractivity contribution is 7.22. The Hall–Kier alpha value is -2.60. The maximum atomic E-state index is 12.6. The first kappa shape index (κ1) is 17.2. The minimum absolute atomic E-state index is 0.268. The van der Waals surface area contributed by atoms with Gasteiger partial charge in [-0.1, -0.05) is 30.3 Å². The lowest BCUT2D eigenvalue weighted by Crippen LogP contribution is -2.05. The lowest BCUT2D eigenvalue weighted by atomic mass is 10.1. The highest BCUT2D eigenvalue weighted by atomic mass is 32.1. The first-order valence-electron chi connectivity index (χ1n) is 7.99. The summed E-state index contributed by atoms with van der Waals surface area (Å²) < 4.78 is 16.6. The third-order valence-electron chi connectivity index (χ3n) is 3.81. The van der Waals surface area contributed by atoms with Gasteiger partial charge in [0, 0.05) is 5.39 Å². The molecule has 0 radical (unpaired) electrons. The fourth-order valence-corrected chi connectivity index (χ4v) is 4.10. The van der Waals surface area contributed by atoms with Gasteiger partial charge in [-0.2, -0.15) is 0 Å². The van der Waals surface area contributed by atoms with E-state index >= 15 is 0 Å². The summed E-state index contributed by atoms with van der Waals surface area (Å²) in [5.41, 5.74) is 2.08. The van der Waals surface area contributed by atoms with Crippen molar-refractivity contribution < 1.29 is 23.8 Å². The minimum atomic E-state index is -0.455. The van der Waals surface area contributed by atoms with Crippen LogP contribution in [-0.4, -0.2) is 32.3 Å². The molecule has 0 amide bonds. The molecule has 0 spiro atoms. The molecular weight excluding hydrogens is 340 g/mol. The lowest BCUT2D eigenvalue weighted by molar-refractivity contribution is 0.0519. The van der Waals surface area contributed by atoms with Gasteiger partial charge in [0.15, 0.2) is 10.6 Å². The smallest absolute Gasteiger partial charge is 0.352 e. The van der Waals surface area contributed by atoms with E-state index in [1.807, 2.05) is 30.3 Å². The number of methoxy groups -OCH3 is 1. The molecule has 0 unspecified atom stereocenters. The predicted molar refractivity (Wildman–Crippen MR) is 96.9 cm³/mol. The molecule has 0 saturated carbocycles. The van der Waals surface area contributed by atoms with Crippen LogP contribution >= 0.6 is 11.3 Å². The Balaban J connectivity index is 2.37. The molecule has 0 fully saturated rings. The summed E-state index contributed by atoms with van der Waals surface area (Å²) in [6, 6.07) is 9.42. The number of hydrogen-bond acceptors (Lipinski definition) is 6. The van der Waals surface area contributed by atoms with Crippen LogP contribution in [0.1, 0.15) is 33.9 Å². The van der Waals surface area contributed by atoms with Crippen molar-refractivity contribution in [1.82, 2.24) is 0 Å². The molecule has 2 aliphatic carbocycles. The van der Waals surface area contributed by atoms with Gasteiger partial charge in [0.25, 0.3) is 0 Å². The molecule has 0 saturated heterocycles. The molecule has 1 aromatic heterocycles. The van der Waals surface area contributed by atoms with Crippen LogP contribution in [-0.2, 0) is 9.47 Å². The number of thiophene rings is 1. The number of rotatable bonds is 5. The monoisotopic (exact) mass is 358 g/mol. The average molecular weight is 358 g/mol. The van der Waals surface area contributed by atoms with Crippen LogP contribution in [0.25, 0.3) is 21.2 Å². The van der Waals surface area contributed by atoms with E-state index < -0.39 is 11.9 Å². The summed E-state index contributed by atoms with van der Waals surface area (Å²) in [5, 5.41) is 0.741. The normalized spacial score (nSPS) is 10.8. The number of esters is 2. The van der Waals surface area contributed by atoms with Crippen LogP contribution in [0, 0.1) is 0 Å². The molecule has 3 rings (SSSR count). The second-order valence-corrected chi connectivity index (χ2v) is 6.24. The van der Waals surface area contributed by atoms with E-state index in [2.05, 4.69) is 0 Å². The molecule has 5 nitrogen and oxygen atoms in total. The van der Waals surface area contributed by atoms with Crippen molar-refractivity contribution in [3.8, 4) is 16.9 Å². The van der Waals surface area contributed by atoms with Crippen LogP contribution in [0.3, 0.4) is 0 Å². The van der Waals surface area contributed by atoms with Gasteiger partial charge in [0.1, 0.15) is 0 Å². The van der Waals surface area contributed by atoms with Gasteiger partial charge < -0.3 is 14.2 Å². The van der Waals surface area contributed by atoms with E-state index in [0.717, 1.165) is 16.5 Å². The first-order valence-corrected chi connectivity index (χ1v) is 8.81. The number of carbonyl (C=O) groups excluding carboxylic acids is 2. The molecule has 25 heavy (non-hydrogen) atoms. The van der Waals surface area contributed by atoms with Crippen LogP contribution in [0.4, 0.5) is 0 Å². The lowest BCUT2D eigenvalue weighted by Gasteiger charge is -2.05. The van der Waals surface area contributed by atoms with Crippen molar-refractivity contribution in [2.24, 2.45) is 0 Å². The Morgan fingerprint density at radius 2 is 1.60 bits per heavy atom. The van der Waals surface area contributed by atoms with Crippen molar-refractivity contribution in [3.63, 3.8) is 0 Å². The topological polar surface area (TPSA) is 61.8 Å². The summed E-state index contributed by atoms with van der Waals surface area (Å²) in [6.07, 6.45) is 0. The zero-order valence-electron chi connectivity index (χ0n) is 14.3. The summed E-state index contributed by atoms with van der Waals surface area (Å²) in [6.45, 7) is 4.06. The third-order valence-corrected chi connectivity index (χ3v) is 4.98. The average Bonchev–Trinajstić information content (AvgIpc) is 2.99. The maximum absolute atomic E-state index is 12.6. The minimum Gasteiger partial charge on any atom is -0.494 e. The van der Waals surface area contributed by atoms with E-state index in [1.54, 1.807) is 13.8 Å². The molecule has 2 aliphatic rings. The van der Waals surface area contributed by atoms with Crippen molar-refractivity contribution in [3.05, 3.63) is 40.8 Å². The Morgan fingerprint density at radius 3 is 2.24 bits per heavy atom. The summed E-state index contributed by atoms with van der Waals surface area (Å²) in [4.78, 5) is 25.2.